The molecule has 0 bridgehead atoms. The highest BCUT2D eigenvalue weighted by Crippen LogP contribution is 2.32. The molecule has 0 aromatic carbocycles. The lowest BCUT2D eigenvalue weighted by Crippen LogP contribution is -2.38. The van der Waals surface area contributed by atoms with Gasteiger partial charge in [0, 0.05) is 12.6 Å². The lowest BCUT2D eigenvalue weighted by Gasteiger charge is -2.28. The molecule has 1 aliphatic carbocycles. The van der Waals surface area contributed by atoms with Crippen LogP contribution in [0.4, 0.5) is 5.82 Å². The first-order chi connectivity index (χ1) is 14.4. The quantitative estimate of drug-likeness (QED) is 0.510. The third-order valence-corrected chi connectivity index (χ3v) is 5.78. The second-order valence-corrected chi connectivity index (χ2v) is 8.15. The van der Waals surface area contributed by atoms with Crippen molar-refractivity contribution >= 4 is 17.7 Å². The van der Waals surface area contributed by atoms with Gasteiger partial charge in [-0.25, -0.2) is 4.79 Å². The van der Waals surface area contributed by atoms with Gasteiger partial charge in [0.05, 0.1) is 24.5 Å². The van der Waals surface area contributed by atoms with Crippen LogP contribution in [0.3, 0.4) is 0 Å². The fourth-order valence-electron chi connectivity index (χ4n) is 4.14. The molecule has 2 aliphatic rings. The minimum atomic E-state index is -0.790. The van der Waals surface area contributed by atoms with E-state index in [-0.39, 0.29) is 23.8 Å². The van der Waals surface area contributed by atoms with E-state index in [2.05, 4.69) is 10.3 Å². The van der Waals surface area contributed by atoms with Crippen molar-refractivity contribution in [1.82, 2.24) is 9.55 Å². The number of hydrogen-bond donors (Lipinski definition) is 2. The average molecular weight is 421 g/mol. The minimum absolute atomic E-state index is 0.116. The Hall–Kier alpha value is -2.26. The number of aromatic nitrogens is 2. The summed E-state index contributed by atoms with van der Waals surface area (Å²) in [4.78, 5) is 41.6. The lowest BCUT2D eigenvalue weighted by molar-refractivity contribution is -0.154. The van der Waals surface area contributed by atoms with Crippen LogP contribution in [-0.4, -0.2) is 45.3 Å². The Morgan fingerprint density at radius 1 is 1.33 bits per heavy atom. The average Bonchev–Trinajstić information content (AvgIpc) is 3.06. The molecule has 2 heterocycles. The van der Waals surface area contributed by atoms with E-state index in [4.69, 9.17) is 9.47 Å². The monoisotopic (exact) mass is 421 g/mol. The Labute approximate surface area is 175 Å². The van der Waals surface area contributed by atoms with Gasteiger partial charge in [-0.15, -0.1) is 0 Å². The van der Waals surface area contributed by atoms with Gasteiger partial charge >= 0.3 is 11.7 Å². The van der Waals surface area contributed by atoms with Gasteiger partial charge in [0.25, 0.3) is 0 Å². The number of carbonyl (C=O) groups is 2. The number of anilines is 1. The first-order valence-electron chi connectivity index (χ1n) is 10.8. The van der Waals surface area contributed by atoms with E-state index < -0.39 is 29.9 Å². The highest BCUT2D eigenvalue weighted by Gasteiger charge is 2.37. The standard InChI is InChI=1S/C21H31N3O6/c1-3-4-11-29-20(27)15-8-6-5-7-14(15)18(26)22-17-9-10-24(21(28)23-17)19-16(25)12-13(2)30-19/h9-10,13-16,19,25H,3-8,11-12H2,1-2H3,(H,22,23,26,28). The van der Waals surface area contributed by atoms with Gasteiger partial charge < -0.3 is 19.9 Å². The summed E-state index contributed by atoms with van der Waals surface area (Å²) in [7, 11) is 0. The second kappa shape index (κ2) is 10.2. The number of nitrogens with zero attached hydrogens (tertiary/aromatic N) is 2. The molecule has 0 spiro atoms. The summed E-state index contributed by atoms with van der Waals surface area (Å²) in [6.45, 7) is 4.21. The number of nitrogens with one attached hydrogen (secondary N) is 1. The molecule has 30 heavy (non-hydrogen) atoms. The second-order valence-electron chi connectivity index (χ2n) is 8.15. The maximum absolute atomic E-state index is 12.8. The maximum Gasteiger partial charge on any atom is 0.351 e. The van der Waals surface area contributed by atoms with Crippen LogP contribution in [0.5, 0.6) is 0 Å². The first kappa shape index (κ1) is 22.4. The maximum atomic E-state index is 12.8. The topological polar surface area (TPSA) is 120 Å². The third-order valence-electron chi connectivity index (χ3n) is 5.78. The molecule has 1 amide bonds. The van der Waals surface area contributed by atoms with E-state index in [1.165, 1.54) is 16.8 Å². The fraction of sp³-hybridized carbons (Fsp3) is 0.714. The van der Waals surface area contributed by atoms with Gasteiger partial charge in [-0.05, 0) is 32.3 Å². The minimum Gasteiger partial charge on any atom is -0.465 e. The van der Waals surface area contributed by atoms with E-state index >= 15 is 0 Å². The number of unbranched alkanes of at least 4 members (excludes halogenated alkanes) is 1. The van der Waals surface area contributed by atoms with Gasteiger partial charge in [0.2, 0.25) is 5.91 Å². The Morgan fingerprint density at radius 2 is 2.07 bits per heavy atom. The van der Waals surface area contributed by atoms with Crippen LogP contribution in [0, 0.1) is 11.8 Å². The van der Waals surface area contributed by atoms with Crippen molar-refractivity contribution in [3.8, 4) is 0 Å². The van der Waals surface area contributed by atoms with Gasteiger partial charge in [0.15, 0.2) is 6.23 Å². The summed E-state index contributed by atoms with van der Waals surface area (Å²) >= 11 is 0. The van der Waals surface area contributed by atoms with E-state index in [0.29, 0.717) is 25.9 Å². The summed E-state index contributed by atoms with van der Waals surface area (Å²) in [5.74, 6) is -1.52. The van der Waals surface area contributed by atoms with E-state index in [0.717, 1.165) is 25.7 Å². The van der Waals surface area contributed by atoms with E-state index in [9.17, 15) is 19.5 Å². The van der Waals surface area contributed by atoms with Crippen LogP contribution in [0.2, 0.25) is 0 Å². The normalized spacial score (nSPS) is 28.8. The Kier molecular flexibility index (Phi) is 7.60. The van der Waals surface area contributed by atoms with Crippen LogP contribution in [0.25, 0.3) is 0 Å². The molecule has 9 heteroatoms. The third kappa shape index (κ3) is 5.26. The molecule has 1 saturated carbocycles. The molecular formula is C21H31N3O6. The van der Waals surface area contributed by atoms with Gasteiger partial charge in [-0.2, -0.15) is 4.98 Å². The molecule has 9 nitrogen and oxygen atoms in total. The molecule has 5 unspecified atom stereocenters. The van der Waals surface area contributed by atoms with Crippen LogP contribution < -0.4 is 11.0 Å². The number of aliphatic hydroxyl groups excluding tert-OH is 1. The Morgan fingerprint density at radius 3 is 2.70 bits per heavy atom. The zero-order valence-corrected chi connectivity index (χ0v) is 17.6. The summed E-state index contributed by atoms with van der Waals surface area (Å²) < 4.78 is 12.1. The predicted molar refractivity (Wildman–Crippen MR) is 109 cm³/mol. The van der Waals surface area contributed by atoms with Crippen molar-refractivity contribution in [2.75, 3.05) is 11.9 Å². The number of carbonyl (C=O) groups excluding carboxylic acids is 2. The molecular weight excluding hydrogens is 390 g/mol. The predicted octanol–water partition coefficient (Wildman–Crippen LogP) is 2.00. The highest BCUT2D eigenvalue weighted by atomic mass is 16.5. The zero-order chi connectivity index (χ0) is 21.7. The summed E-state index contributed by atoms with van der Waals surface area (Å²) in [5.41, 5.74) is -0.620. The van der Waals surface area contributed by atoms with E-state index in [1.54, 1.807) is 0 Å². The van der Waals surface area contributed by atoms with Crippen LogP contribution in [0.1, 0.15) is 65.0 Å². The largest absolute Gasteiger partial charge is 0.465 e. The molecule has 1 aromatic heterocycles. The lowest BCUT2D eigenvalue weighted by atomic mass is 9.78. The summed E-state index contributed by atoms with van der Waals surface area (Å²) in [5, 5.41) is 12.7. The number of esters is 1. The number of ether oxygens (including phenoxy) is 2. The van der Waals surface area contributed by atoms with Crippen molar-refractivity contribution in [2.24, 2.45) is 11.8 Å². The first-order valence-corrected chi connectivity index (χ1v) is 10.8. The van der Waals surface area contributed by atoms with E-state index in [1.807, 2.05) is 13.8 Å². The van der Waals surface area contributed by atoms with Crippen molar-refractivity contribution in [3.05, 3.63) is 22.7 Å². The molecule has 0 radical (unpaired) electrons. The van der Waals surface area contributed by atoms with Crippen molar-refractivity contribution < 1.29 is 24.2 Å². The SMILES string of the molecule is CCCCOC(=O)C1CCCCC1C(=O)Nc1ccn(C2OC(C)CC2O)c(=O)n1. The molecule has 1 saturated heterocycles. The molecule has 3 rings (SSSR count). The zero-order valence-electron chi connectivity index (χ0n) is 17.6. The number of amides is 1. The highest BCUT2D eigenvalue weighted by molar-refractivity contribution is 5.94. The van der Waals surface area contributed by atoms with Crippen molar-refractivity contribution in [3.63, 3.8) is 0 Å². The number of aliphatic hydroxyl groups is 1. The van der Waals surface area contributed by atoms with Gasteiger partial charge in [0.1, 0.15) is 11.9 Å². The number of rotatable bonds is 7. The molecule has 5 atom stereocenters. The molecule has 2 N–H and O–H groups in total. The fourth-order valence-corrected chi connectivity index (χ4v) is 4.14. The molecule has 1 aliphatic heterocycles. The van der Waals surface area contributed by atoms with Crippen LogP contribution >= 0.6 is 0 Å². The Balaban J connectivity index is 1.66. The Bertz CT molecular complexity index is 810. The summed E-state index contributed by atoms with van der Waals surface area (Å²) in [6, 6.07) is 1.50. The smallest absolute Gasteiger partial charge is 0.351 e. The van der Waals surface area contributed by atoms with Crippen LogP contribution in [0.15, 0.2) is 17.1 Å². The van der Waals surface area contributed by atoms with Crippen LogP contribution in [-0.2, 0) is 19.1 Å². The molecule has 166 valence electrons. The van der Waals surface area contributed by atoms with Gasteiger partial charge in [-0.3, -0.25) is 14.2 Å². The van der Waals surface area contributed by atoms with Crippen molar-refractivity contribution in [1.29, 1.82) is 0 Å². The number of hydrogen-bond acceptors (Lipinski definition) is 7. The summed E-state index contributed by atoms with van der Waals surface area (Å²) in [6.07, 6.45) is 4.84. The molecule has 1 aromatic rings. The molecule has 2 fully saturated rings. The van der Waals surface area contributed by atoms with Gasteiger partial charge in [-0.1, -0.05) is 26.2 Å². The van der Waals surface area contributed by atoms with Crippen molar-refractivity contribution in [2.45, 2.75) is 77.2 Å².